The van der Waals surface area contributed by atoms with E-state index in [0.29, 0.717) is 6.61 Å². The van der Waals surface area contributed by atoms with Gasteiger partial charge in [-0.05, 0) is 58.0 Å². The minimum atomic E-state index is 0.600. The first kappa shape index (κ1) is 16.3. The van der Waals surface area contributed by atoms with Crippen LogP contribution in [-0.2, 0) is 17.9 Å². The second kappa shape index (κ2) is 9.02. The van der Waals surface area contributed by atoms with Gasteiger partial charge in [-0.1, -0.05) is 24.3 Å². The minimum Gasteiger partial charge on any atom is -0.489 e. The van der Waals surface area contributed by atoms with E-state index in [9.17, 15) is 0 Å². The fourth-order valence-electron chi connectivity index (χ4n) is 1.86. The fourth-order valence-corrected chi connectivity index (χ4v) is 2.22. The first-order valence-electron chi connectivity index (χ1n) is 6.94. The van der Waals surface area contributed by atoms with Crippen LogP contribution in [0, 0.1) is 3.57 Å². The van der Waals surface area contributed by atoms with Crippen LogP contribution in [0.15, 0.2) is 48.5 Å². The molecule has 2 rings (SSSR count). The summed E-state index contributed by atoms with van der Waals surface area (Å²) >= 11 is 2.30. The quantitative estimate of drug-likeness (QED) is 0.546. The lowest BCUT2D eigenvalue weighted by molar-refractivity contribution is 0.199. The van der Waals surface area contributed by atoms with Gasteiger partial charge < -0.3 is 14.8 Å². The van der Waals surface area contributed by atoms with Crippen LogP contribution >= 0.6 is 22.6 Å². The normalized spacial score (nSPS) is 10.6. The van der Waals surface area contributed by atoms with Gasteiger partial charge >= 0.3 is 0 Å². The zero-order valence-corrected chi connectivity index (χ0v) is 14.3. The molecule has 0 amide bonds. The third kappa shape index (κ3) is 6.03. The Kier molecular flexibility index (Phi) is 6.99. The van der Waals surface area contributed by atoms with Crippen molar-refractivity contribution >= 4 is 22.6 Å². The van der Waals surface area contributed by atoms with Crippen LogP contribution in [-0.4, -0.2) is 20.3 Å². The molecule has 21 heavy (non-hydrogen) atoms. The summed E-state index contributed by atoms with van der Waals surface area (Å²) in [6.07, 6.45) is 0. The Labute approximate surface area is 139 Å². The lowest BCUT2D eigenvalue weighted by Crippen LogP contribution is -2.18. The van der Waals surface area contributed by atoms with Gasteiger partial charge in [0.05, 0.1) is 6.61 Å². The van der Waals surface area contributed by atoms with Crippen LogP contribution in [0.2, 0.25) is 0 Å². The van der Waals surface area contributed by atoms with Crippen molar-refractivity contribution < 1.29 is 9.47 Å². The summed E-state index contributed by atoms with van der Waals surface area (Å²) in [5.74, 6) is 0.897. The molecule has 2 aromatic carbocycles. The van der Waals surface area contributed by atoms with Crippen molar-refractivity contribution in [2.45, 2.75) is 13.2 Å². The molecule has 2 aromatic rings. The largest absolute Gasteiger partial charge is 0.489 e. The molecule has 3 nitrogen and oxygen atoms in total. The molecule has 0 aliphatic carbocycles. The summed E-state index contributed by atoms with van der Waals surface area (Å²) in [5.41, 5.74) is 2.42. The Bertz CT molecular complexity index is 525. The molecule has 0 aliphatic rings. The van der Waals surface area contributed by atoms with Crippen molar-refractivity contribution in [1.29, 1.82) is 0 Å². The van der Waals surface area contributed by atoms with Gasteiger partial charge in [0.1, 0.15) is 12.4 Å². The predicted octanol–water partition coefficient (Wildman–Crippen LogP) is 3.61. The number of nitrogens with one attached hydrogen (secondary N) is 1. The Hall–Kier alpha value is -1.11. The maximum Gasteiger partial charge on any atom is 0.119 e. The van der Waals surface area contributed by atoms with E-state index in [2.05, 4.69) is 64.3 Å². The molecule has 0 unspecified atom stereocenters. The zero-order chi connectivity index (χ0) is 14.9. The second-order valence-electron chi connectivity index (χ2n) is 4.73. The Balaban J connectivity index is 1.78. The van der Waals surface area contributed by atoms with Crippen LogP contribution in [0.4, 0.5) is 0 Å². The molecule has 0 aliphatic heterocycles. The average Bonchev–Trinajstić information content (AvgIpc) is 2.52. The summed E-state index contributed by atoms with van der Waals surface area (Å²) in [6.45, 7) is 3.04. The van der Waals surface area contributed by atoms with E-state index in [1.54, 1.807) is 7.11 Å². The smallest absolute Gasteiger partial charge is 0.119 e. The van der Waals surface area contributed by atoms with E-state index < -0.39 is 0 Å². The first-order chi connectivity index (χ1) is 10.3. The molecule has 0 aromatic heterocycles. The van der Waals surface area contributed by atoms with E-state index >= 15 is 0 Å². The molecule has 0 saturated heterocycles. The van der Waals surface area contributed by atoms with Crippen molar-refractivity contribution in [2.24, 2.45) is 0 Å². The van der Waals surface area contributed by atoms with E-state index in [0.717, 1.165) is 25.4 Å². The molecule has 0 spiro atoms. The maximum absolute atomic E-state index is 5.79. The predicted molar refractivity (Wildman–Crippen MR) is 93.5 cm³/mol. The highest BCUT2D eigenvalue weighted by Crippen LogP contribution is 2.15. The van der Waals surface area contributed by atoms with Crippen LogP contribution in [0.3, 0.4) is 0 Å². The fraction of sp³-hybridized carbons (Fsp3) is 0.294. The zero-order valence-electron chi connectivity index (χ0n) is 12.1. The van der Waals surface area contributed by atoms with Gasteiger partial charge in [-0.15, -0.1) is 0 Å². The average molecular weight is 397 g/mol. The Morgan fingerprint density at radius 3 is 2.29 bits per heavy atom. The maximum atomic E-state index is 5.79. The number of hydrogen-bond acceptors (Lipinski definition) is 3. The number of benzene rings is 2. The number of hydrogen-bond donors (Lipinski definition) is 1. The Morgan fingerprint density at radius 1 is 0.952 bits per heavy atom. The number of halogens is 1. The molecule has 0 heterocycles. The van der Waals surface area contributed by atoms with Crippen LogP contribution < -0.4 is 10.1 Å². The standard InChI is InChI=1S/C17H20INO2/c1-20-11-10-19-12-14-4-8-17(9-5-14)21-13-15-2-6-16(18)7-3-15/h2-9,19H,10-13H2,1H3. The van der Waals surface area contributed by atoms with E-state index in [1.165, 1.54) is 14.7 Å². The van der Waals surface area contributed by atoms with Crippen molar-refractivity contribution in [1.82, 2.24) is 5.32 Å². The van der Waals surface area contributed by atoms with Gasteiger partial charge in [0, 0.05) is 23.8 Å². The van der Waals surface area contributed by atoms with Crippen molar-refractivity contribution in [3.05, 3.63) is 63.2 Å². The summed E-state index contributed by atoms with van der Waals surface area (Å²) in [5, 5.41) is 3.32. The van der Waals surface area contributed by atoms with Gasteiger partial charge in [0.25, 0.3) is 0 Å². The molecular formula is C17H20INO2. The molecule has 1 N–H and O–H groups in total. The molecule has 0 radical (unpaired) electrons. The van der Waals surface area contributed by atoms with E-state index in [-0.39, 0.29) is 0 Å². The summed E-state index contributed by atoms with van der Waals surface area (Å²) < 4.78 is 12.0. The molecule has 0 atom stereocenters. The lowest BCUT2D eigenvalue weighted by atomic mass is 10.2. The van der Waals surface area contributed by atoms with Crippen LogP contribution in [0.5, 0.6) is 5.75 Å². The van der Waals surface area contributed by atoms with Crippen LogP contribution in [0.1, 0.15) is 11.1 Å². The van der Waals surface area contributed by atoms with Gasteiger partial charge in [-0.25, -0.2) is 0 Å². The lowest BCUT2D eigenvalue weighted by Gasteiger charge is -2.08. The van der Waals surface area contributed by atoms with E-state index in [4.69, 9.17) is 9.47 Å². The SMILES string of the molecule is COCCNCc1ccc(OCc2ccc(I)cc2)cc1. The van der Waals surface area contributed by atoms with Crippen molar-refractivity contribution in [3.8, 4) is 5.75 Å². The van der Waals surface area contributed by atoms with E-state index in [1.807, 2.05) is 12.1 Å². The first-order valence-corrected chi connectivity index (χ1v) is 8.01. The molecule has 0 bridgehead atoms. The molecule has 4 heteroatoms. The van der Waals surface area contributed by atoms with Gasteiger partial charge in [0.2, 0.25) is 0 Å². The van der Waals surface area contributed by atoms with Gasteiger partial charge in [-0.2, -0.15) is 0 Å². The second-order valence-corrected chi connectivity index (χ2v) is 5.97. The van der Waals surface area contributed by atoms with Crippen molar-refractivity contribution in [3.63, 3.8) is 0 Å². The third-order valence-electron chi connectivity index (χ3n) is 3.05. The molecule has 0 fully saturated rings. The topological polar surface area (TPSA) is 30.5 Å². The highest BCUT2D eigenvalue weighted by molar-refractivity contribution is 14.1. The number of rotatable bonds is 8. The monoisotopic (exact) mass is 397 g/mol. The highest BCUT2D eigenvalue weighted by Gasteiger charge is 1.98. The highest BCUT2D eigenvalue weighted by atomic mass is 127. The third-order valence-corrected chi connectivity index (χ3v) is 3.77. The number of ether oxygens (including phenoxy) is 2. The van der Waals surface area contributed by atoms with Gasteiger partial charge in [-0.3, -0.25) is 0 Å². The molecular weight excluding hydrogens is 377 g/mol. The summed E-state index contributed by atoms with van der Waals surface area (Å²) in [6, 6.07) is 16.6. The molecule has 0 saturated carbocycles. The Morgan fingerprint density at radius 2 is 1.62 bits per heavy atom. The van der Waals surface area contributed by atoms with Gasteiger partial charge in [0.15, 0.2) is 0 Å². The summed E-state index contributed by atoms with van der Waals surface area (Å²) in [4.78, 5) is 0. The van der Waals surface area contributed by atoms with Crippen LogP contribution in [0.25, 0.3) is 0 Å². The molecule has 112 valence electrons. The number of methoxy groups -OCH3 is 1. The summed E-state index contributed by atoms with van der Waals surface area (Å²) in [7, 11) is 1.71. The van der Waals surface area contributed by atoms with Crippen molar-refractivity contribution in [2.75, 3.05) is 20.3 Å². The minimum absolute atomic E-state index is 0.600.